The van der Waals surface area contributed by atoms with E-state index in [1.54, 1.807) is 24.2 Å². The third-order valence-electron chi connectivity index (χ3n) is 3.41. The Morgan fingerprint density at radius 1 is 1.08 bits per heavy atom. The van der Waals surface area contributed by atoms with Gasteiger partial charge in [-0.3, -0.25) is 0 Å². The van der Waals surface area contributed by atoms with Crippen molar-refractivity contribution in [2.75, 3.05) is 0 Å². The highest BCUT2D eigenvalue weighted by atomic mass is 35.6. The third kappa shape index (κ3) is 3.41. The van der Waals surface area contributed by atoms with Gasteiger partial charge in [0.25, 0.3) is 0 Å². The molecule has 0 nitrogen and oxygen atoms in total. The molecule has 0 saturated carbocycles. The first-order valence-electron chi connectivity index (χ1n) is 5.72. The summed E-state index contributed by atoms with van der Waals surface area (Å²) >= 11 is 6.27. The summed E-state index contributed by atoms with van der Waals surface area (Å²) in [5.74, 6) is 0. The summed E-state index contributed by atoms with van der Waals surface area (Å²) < 4.78 is 0. The molecule has 3 heteroatoms. The number of rotatable bonds is 4. The second kappa shape index (κ2) is 5.57. The molecule has 0 unspecified atom stereocenters. The van der Waals surface area contributed by atoms with E-state index in [1.807, 2.05) is 0 Å². The van der Waals surface area contributed by atoms with Gasteiger partial charge in [-0.15, -0.1) is 0 Å². The highest BCUT2D eigenvalue weighted by Crippen LogP contribution is 2.38. The van der Waals surface area contributed by atoms with Gasteiger partial charge < -0.3 is 0 Å². The smallest absolute Gasteiger partial charge is 0.164 e. The maximum atomic E-state index is 6.27. The minimum atomic E-state index is -0.783. The Bertz CT molecular complexity index is 134. The molecule has 1 saturated heterocycles. The summed E-state index contributed by atoms with van der Waals surface area (Å²) in [6, 6.07) is 9.11. The van der Waals surface area contributed by atoms with Crippen molar-refractivity contribution in [3.8, 4) is 0 Å². The highest BCUT2D eigenvalue weighted by Gasteiger charge is 2.35. The van der Waals surface area contributed by atoms with Crippen molar-refractivity contribution >= 4 is 27.3 Å². The molecule has 0 spiro atoms. The lowest BCUT2D eigenvalue weighted by atomic mass is 10.6. The molecule has 1 fully saturated rings. The average molecular weight is 234 g/mol. The molecule has 77 valence electrons. The molecule has 0 aromatic carbocycles. The lowest BCUT2D eigenvalue weighted by molar-refractivity contribution is 0.929. The van der Waals surface area contributed by atoms with E-state index in [-0.39, 0.29) is 0 Å². The highest BCUT2D eigenvalue weighted by molar-refractivity contribution is 7.08. The molecule has 0 aromatic rings. The van der Waals surface area contributed by atoms with Crippen LogP contribution in [0.1, 0.15) is 26.7 Å². The van der Waals surface area contributed by atoms with Crippen LogP contribution in [-0.2, 0) is 0 Å². The van der Waals surface area contributed by atoms with Gasteiger partial charge in [0.2, 0.25) is 0 Å². The second-order valence-corrected chi connectivity index (χ2v) is 13.2. The predicted molar refractivity (Wildman–Crippen MR) is 66.8 cm³/mol. The van der Waals surface area contributed by atoms with Gasteiger partial charge >= 0.3 is 0 Å². The zero-order valence-corrected chi connectivity index (χ0v) is 11.8. The number of hydrogen-bond acceptors (Lipinski definition) is 0. The summed E-state index contributed by atoms with van der Waals surface area (Å²) in [5, 5.41) is 0. The minimum Gasteiger partial charge on any atom is -0.169 e. The monoisotopic (exact) mass is 233 g/mol. The van der Waals surface area contributed by atoms with Crippen LogP contribution < -0.4 is 0 Å². The van der Waals surface area contributed by atoms with Gasteiger partial charge in [-0.2, -0.15) is 11.1 Å². The Hall–Kier alpha value is 0.724. The number of halogens is 1. The van der Waals surface area contributed by atoms with Crippen LogP contribution in [0, 0.1) is 0 Å². The van der Waals surface area contributed by atoms with E-state index in [9.17, 15) is 0 Å². The predicted octanol–water partition coefficient (Wildman–Crippen LogP) is 4.50. The van der Waals surface area contributed by atoms with Gasteiger partial charge in [-0.25, -0.2) is 0 Å². The molecule has 0 bridgehead atoms. The van der Waals surface area contributed by atoms with Gasteiger partial charge in [-0.1, -0.05) is 50.9 Å². The number of hydrogen-bond donors (Lipinski definition) is 0. The molecule has 0 aliphatic carbocycles. The topological polar surface area (TPSA) is 0 Å². The lowest BCUT2D eigenvalue weighted by Crippen LogP contribution is -2.38. The molecule has 1 rings (SSSR count). The normalized spacial score (nSPS) is 23.3. The maximum absolute atomic E-state index is 6.27. The summed E-state index contributed by atoms with van der Waals surface area (Å²) in [4.78, 5) is 0. The van der Waals surface area contributed by atoms with Gasteiger partial charge in [0.1, 0.15) is 0 Å². The van der Waals surface area contributed by atoms with Crippen molar-refractivity contribution in [3.63, 3.8) is 0 Å². The molecule has 1 radical (unpaired) electrons. The van der Waals surface area contributed by atoms with Crippen LogP contribution in [-0.4, -0.2) is 16.2 Å². The van der Waals surface area contributed by atoms with Crippen molar-refractivity contribution in [1.82, 2.24) is 0 Å². The summed E-state index contributed by atoms with van der Waals surface area (Å²) in [6.07, 6.45) is 2.83. The molecule has 1 heterocycles. The maximum Gasteiger partial charge on any atom is 0.164 e. The van der Waals surface area contributed by atoms with Crippen LogP contribution >= 0.6 is 11.1 Å². The van der Waals surface area contributed by atoms with E-state index in [0.717, 1.165) is 0 Å². The largest absolute Gasteiger partial charge is 0.169 e. The molecule has 0 aromatic heterocycles. The van der Waals surface area contributed by atoms with Crippen LogP contribution in [0.3, 0.4) is 0 Å². The fourth-order valence-electron chi connectivity index (χ4n) is 2.74. The minimum absolute atomic E-state index is 0.392. The summed E-state index contributed by atoms with van der Waals surface area (Å²) in [7, 11) is -1.18. The van der Waals surface area contributed by atoms with E-state index in [2.05, 4.69) is 13.8 Å². The molecule has 0 atom stereocenters. The van der Waals surface area contributed by atoms with E-state index in [1.165, 1.54) is 24.9 Å². The SMILES string of the molecule is CCC[Si]1(CCC)CC[Si](Cl)CC1. The quantitative estimate of drug-likeness (QED) is 0.496. The van der Waals surface area contributed by atoms with Gasteiger partial charge in [-0.05, 0) is 12.1 Å². The van der Waals surface area contributed by atoms with Gasteiger partial charge in [0, 0.05) is 0 Å². The van der Waals surface area contributed by atoms with E-state index < -0.39 is 16.2 Å². The molecular weight excluding hydrogens is 212 g/mol. The molecule has 1 aliphatic heterocycles. The molecule has 0 amide bonds. The van der Waals surface area contributed by atoms with Crippen molar-refractivity contribution in [2.24, 2.45) is 0 Å². The van der Waals surface area contributed by atoms with E-state index in [4.69, 9.17) is 11.1 Å². The first kappa shape index (κ1) is 11.8. The Labute approximate surface area is 90.4 Å². The fourth-order valence-corrected chi connectivity index (χ4v) is 14.7. The van der Waals surface area contributed by atoms with E-state index >= 15 is 0 Å². The Kier molecular flexibility index (Phi) is 5.05. The van der Waals surface area contributed by atoms with Gasteiger partial charge in [0.05, 0.1) is 8.07 Å². The lowest BCUT2D eigenvalue weighted by Gasteiger charge is -2.36. The first-order valence-corrected chi connectivity index (χ1v) is 11.5. The van der Waals surface area contributed by atoms with Crippen molar-refractivity contribution in [1.29, 1.82) is 0 Å². The van der Waals surface area contributed by atoms with Crippen LogP contribution in [0.4, 0.5) is 0 Å². The van der Waals surface area contributed by atoms with Crippen LogP contribution in [0.25, 0.3) is 0 Å². The Morgan fingerprint density at radius 3 is 1.92 bits per heavy atom. The third-order valence-corrected chi connectivity index (χ3v) is 12.9. The molecular formula is C10H22ClSi2. The Morgan fingerprint density at radius 2 is 1.54 bits per heavy atom. The first-order chi connectivity index (χ1) is 6.22. The summed E-state index contributed by atoms with van der Waals surface area (Å²) in [5.41, 5.74) is 0. The fraction of sp³-hybridized carbons (Fsp3) is 1.00. The van der Waals surface area contributed by atoms with Crippen LogP contribution in [0.2, 0.25) is 36.3 Å². The molecule has 1 aliphatic rings. The van der Waals surface area contributed by atoms with Gasteiger partial charge in [0.15, 0.2) is 8.11 Å². The standard InChI is InChI=1S/C10H22ClSi2/c1-3-7-13(8-4-2)9-5-12(11)6-10-13/h3-10H2,1-2H3. The van der Waals surface area contributed by atoms with Crippen LogP contribution in [0.5, 0.6) is 0 Å². The zero-order chi connectivity index (χ0) is 9.73. The molecule has 13 heavy (non-hydrogen) atoms. The average Bonchev–Trinajstić information content (AvgIpc) is 2.11. The zero-order valence-electron chi connectivity index (χ0n) is 9.03. The van der Waals surface area contributed by atoms with E-state index in [0.29, 0.717) is 0 Å². The van der Waals surface area contributed by atoms with Crippen LogP contribution in [0.15, 0.2) is 0 Å². The van der Waals surface area contributed by atoms with Crippen molar-refractivity contribution in [2.45, 2.75) is 63.0 Å². The Balaban J connectivity index is 2.47. The summed E-state index contributed by atoms with van der Waals surface area (Å²) in [6.45, 7) is 4.71. The van der Waals surface area contributed by atoms with Crippen molar-refractivity contribution in [3.05, 3.63) is 0 Å². The molecule has 0 N–H and O–H groups in total. The second-order valence-electron chi connectivity index (χ2n) is 4.52. The van der Waals surface area contributed by atoms with Crippen molar-refractivity contribution < 1.29 is 0 Å².